The zero-order valence-corrected chi connectivity index (χ0v) is 10.5. The molecule has 1 heterocycles. The Morgan fingerprint density at radius 3 is 2.11 bits per heavy atom. The number of para-hydroxylation sites is 1. The van der Waals surface area contributed by atoms with Crippen molar-refractivity contribution in [2.45, 2.75) is 13.8 Å². The van der Waals surface area contributed by atoms with Gasteiger partial charge in [-0.1, -0.05) is 12.1 Å². The maximum atomic E-state index is 11.2. The van der Waals surface area contributed by atoms with Gasteiger partial charge < -0.3 is 14.8 Å². The zero-order chi connectivity index (χ0) is 14.2. The van der Waals surface area contributed by atoms with Crippen LogP contribution in [0.25, 0.3) is 5.69 Å². The van der Waals surface area contributed by atoms with Crippen LogP contribution in [0.4, 0.5) is 0 Å². The predicted octanol–water partition coefficient (Wildman–Crippen LogP) is 2.49. The van der Waals surface area contributed by atoms with E-state index in [1.165, 1.54) is 12.1 Å². The van der Waals surface area contributed by atoms with Gasteiger partial charge in [-0.15, -0.1) is 0 Å². The monoisotopic (exact) mass is 259 g/mol. The minimum Gasteiger partial charge on any atom is -0.478 e. The van der Waals surface area contributed by atoms with Gasteiger partial charge in [-0.05, 0) is 32.0 Å². The molecule has 5 nitrogen and oxygen atoms in total. The highest BCUT2D eigenvalue weighted by Gasteiger charge is 2.19. The highest BCUT2D eigenvalue weighted by molar-refractivity contribution is 5.93. The van der Waals surface area contributed by atoms with Gasteiger partial charge in [0, 0.05) is 11.4 Å². The Labute approximate surface area is 109 Å². The molecule has 98 valence electrons. The molecule has 2 N–H and O–H groups in total. The molecule has 5 heteroatoms. The summed E-state index contributed by atoms with van der Waals surface area (Å²) < 4.78 is 1.65. The average molecular weight is 259 g/mol. The van der Waals surface area contributed by atoms with Crippen molar-refractivity contribution in [3.05, 3.63) is 52.8 Å². The third kappa shape index (κ3) is 2.10. The molecule has 0 aliphatic rings. The zero-order valence-electron chi connectivity index (χ0n) is 10.5. The fourth-order valence-corrected chi connectivity index (χ4v) is 2.20. The Morgan fingerprint density at radius 2 is 1.58 bits per heavy atom. The van der Waals surface area contributed by atoms with Gasteiger partial charge in [-0.2, -0.15) is 0 Å². The Bertz CT molecular complexity index is 670. The van der Waals surface area contributed by atoms with Crippen molar-refractivity contribution in [2.24, 2.45) is 0 Å². The second kappa shape index (κ2) is 4.61. The minimum absolute atomic E-state index is 0.140. The van der Waals surface area contributed by atoms with E-state index in [1.807, 2.05) is 0 Å². The number of carboxylic acid groups (broad SMARTS) is 2. The second-order valence-corrected chi connectivity index (χ2v) is 4.25. The molecule has 0 bridgehead atoms. The van der Waals surface area contributed by atoms with E-state index in [1.54, 1.807) is 36.6 Å². The molecule has 0 atom stereocenters. The largest absolute Gasteiger partial charge is 0.478 e. The van der Waals surface area contributed by atoms with Crippen LogP contribution in [-0.4, -0.2) is 26.7 Å². The summed E-state index contributed by atoms with van der Waals surface area (Å²) in [4.78, 5) is 22.3. The Balaban J connectivity index is 2.73. The van der Waals surface area contributed by atoms with Gasteiger partial charge in [-0.3, -0.25) is 0 Å². The SMILES string of the molecule is Cc1cc(C(=O)O)c(C)n1-c1ccccc1C(=O)O. The van der Waals surface area contributed by atoms with E-state index in [0.717, 1.165) is 0 Å². The van der Waals surface area contributed by atoms with Crippen LogP contribution < -0.4 is 0 Å². The van der Waals surface area contributed by atoms with Crippen LogP contribution in [0.15, 0.2) is 30.3 Å². The number of nitrogens with zero attached hydrogens (tertiary/aromatic N) is 1. The molecule has 0 aliphatic heterocycles. The Morgan fingerprint density at radius 1 is 1.00 bits per heavy atom. The van der Waals surface area contributed by atoms with Crippen molar-refractivity contribution in [2.75, 3.05) is 0 Å². The fraction of sp³-hybridized carbons (Fsp3) is 0.143. The number of aryl methyl sites for hydroxylation is 1. The van der Waals surface area contributed by atoms with Crippen molar-refractivity contribution >= 4 is 11.9 Å². The van der Waals surface area contributed by atoms with Gasteiger partial charge in [0.05, 0.1) is 16.8 Å². The molecular weight excluding hydrogens is 246 g/mol. The first kappa shape index (κ1) is 12.9. The first-order valence-corrected chi connectivity index (χ1v) is 5.68. The smallest absolute Gasteiger partial charge is 0.337 e. The van der Waals surface area contributed by atoms with Gasteiger partial charge in [0.25, 0.3) is 0 Å². The number of hydrogen-bond acceptors (Lipinski definition) is 2. The summed E-state index contributed by atoms with van der Waals surface area (Å²) in [7, 11) is 0. The molecule has 2 aromatic rings. The third-order valence-electron chi connectivity index (χ3n) is 3.04. The fourth-order valence-electron chi connectivity index (χ4n) is 2.20. The molecule has 0 fully saturated rings. The molecule has 19 heavy (non-hydrogen) atoms. The van der Waals surface area contributed by atoms with Gasteiger partial charge in [0.2, 0.25) is 0 Å². The van der Waals surface area contributed by atoms with E-state index < -0.39 is 11.9 Å². The summed E-state index contributed by atoms with van der Waals surface area (Å²) in [5.74, 6) is -2.06. The molecular formula is C14H13NO4. The van der Waals surface area contributed by atoms with E-state index in [0.29, 0.717) is 17.1 Å². The molecule has 0 aliphatic carbocycles. The summed E-state index contributed by atoms with van der Waals surface area (Å²) >= 11 is 0. The van der Waals surface area contributed by atoms with Crippen LogP contribution in [0.2, 0.25) is 0 Å². The van der Waals surface area contributed by atoms with E-state index >= 15 is 0 Å². The maximum absolute atomic E-state index is 11.2. The van der Waals surface area contributed by atoms with E-state index in [4.69, 9.17) is 5.11 Å². The molecule has 0 saturated carbocycles. The highest BCUT2D eigenvalue weighted by atomic mass is 16.4. The third-order valence-corrected chi connectivity index (χ3v) is 3.04. The molecule has 0 radical (unpaired) electrons. The number of rotatable bonds is 3. The Hall–Kier alpha value is -2.56. The summed E-state index contributed by atoms with van der Waals surface area (Å²) in [5, 5.41) is 18.3. The molecule has 0 amide bonds. The number of benzene rings is 1. The number of aromatic nitrogens is 1. The van der Waals surface area contributed by atoms with Crippen molar-refractivity contribution < 1.29 is 19.8 Å². The molecule has 0 unspecified atom stereocenters. The lowest BCUT2D eigenvalue weighted by atomic mass is 10.1. The number of carboxylic acids is 2. The topological polar surface area (TPSA) is 79.5 Å². The van der Waals surface area contributed by atoms with Crippen LogP contribution in [0, 0.1) is 13.8 Å². The molecule has 0 spiro atoms. The van der Waals surface area contributed by atoms with Gasteiger partial charge in [-0.25, -0.2) is 9.59 Å². The van der Waals surface area contributed by atoms with Crippen LogP contribution in [-0.2, 0) is 0 Å². The highest BCUT2D eigenvalue weighted by Crippen LogP contribution is 2.23. The summed E-state index contributed by atoms with van der Waals surface area (Å²) in [6.07, 6.45) is 0. The minimum atomic E-state index is -1.04. The van der Waals surface area contributed by atoms with Crippen molar-refractivity contribution in [1.29, 1.82) is 0 Å². The first-order chi connectivity index (χ1) is 8.93. The maximum Gasteiger partial charge on any atom is 0.337 e. The number of carbonyl (C=O) groups is 2. The van der Waals surface area contributed by atoms with Crippen molar-refractivity contribution in [1.82, 2.24) is 4.57 Å². The summed E-state index contributed by atoms with van der Waals surface area (Å²) in [5.41, 5.74) is 1.98. The van der Waals surface area contributed by atoms with E-state index in [9.17, 15) is 14.7 Å². The lowest BCUT2D eigenvalue weighted by Gasteiger charge is -2.12. The van der Waals surface area contributed by atoms with Gasteiger partial charge in [0.15, 0.2) is 0 Å². The number of hydrogen-bond donors (Lipinski definition) is 2. The Kier molecular flexibility index (Phi) is 3.12. The van der Waals surface area contributed by atoms with Gasteiger partial charge >= 0.3 is 11.9 Å². The summed E-state index contributed by atoms with van der Waals surface area (Å²) in [6, 6.07) is 8.06. The number of aromatic carboxylic acids is 2. The van der Waals surface area contributed by atoms with E-state index in [2.05, 4.69) is 0 Å². The standard InChI is InChI=1S/C14H13NO4/c1-8-7-11(14(18)19)9(2)15(8)12-6-4-3-5-10(12)13(16)17/h3-7H,1-2H3,(H,16,17)(H,18,19). The van der Waals surface area contributed by atoms with Gasteiger partial charge in [0.1, 0.15) is 0 Å². The van der Waals surface area contributed by atoms with Crippen molar-refractivity contribution in [3.63, 3.8) is 0 Å². The first-order valence-electron chi connectivity index (χ1n) is 5.68. The molecule has 0 saturated heterocycles. The molecule has 1 aromatic carbocycles. The quantitative estimate of drug-likeness (QED) is 0.887. The van der Waals surface area contributed by atoms with Crippen LogP contribution in [0.1, 0.15) is 32.1 Å². The predicted molar refractivity (Wildman–Crippen MR) is 69.2 cm³/mol. The molecule has 2 rings (SSSR count). The van der Waals surface area contributed by atoms with Crippen LogP contribution in [0.3, 0.4) is 0 Å². The average Bonchev–Trinajstić information content (AvgIpc) is 2.65. The van der Waals surface area contributed by atoms with Crippen LogP contribution >= 0.6 is 0 Å². The normalized spacial score (nSPS) is 10.4. The van der Waals surface area contributed by atoms with Crippen molar-refractivity contribution in [3.8, 4) is 5.69 Å². The molecule has 1 aromatic heterocycles. The van der Waals surface area contributed by atoms with Crippen LogP contribution in [0.5, 0.6) is 0 Å². The lowest BCUT2D eigenvalue weighted by Crippen LogP contribution is -2.08. The van der Waals surface area contributed by atoms with E-state index in [-0.39, 0.29) is 11.1 Å². The lowest BCUT2D eigenvalue weighted by molar-refractivity contribution is 0.0686. The summed E-state index contributed by atoms with van der Waals surface area (Å²) in [6.45, 7) is 3.41. The second-order valence-electron chi connectivity index (χ2n) is 4.25.